The molecule has 0 aliphatic heterocycles. The summed E-state index contributed by atoms with van der Waals surface area (Å²) >= 11 is 0. The summed E-state index contributed by atoms with van der Waals surface area (Å²) in [5.74, 6) is 1.49. The maximum absolute atomic E-state index is 10.6. The van der Waals surface area contributed by atoms with E-state index in [9.17, 15) is 4.79 Å². The lowest BCUT2D eigenvalue weighted by Gasteiger charge is -2.10. The summed E-state index contributed by atoms with van der Waals surface area (Å²) in [6.45, 7) is 1.87. The van der Waals surface area contributed by atoms with Gasteiger partial charge in [0, 0.05) is 11.8 Å². The van der Waals surface area contributed by atoms with Crippen LogP contribution in [0.5, 0.6) is 11.5 Å². The molecule has 0 fully saturated rings. The van der Waals surface area contributed by atoms with Crippen molar-refractivity contribution in [1.29, 1.82) is 0 Å². The molecule has 2 aromatic rings. The van der Waals surface area contributed by atoms with Crippen molar-refractivity contribution in [2.24, 2.45) is 0 Å². The van der Waals surface area contributed by atoms with Gasteiger partial charge in [-0.3, -0.25) is 5.32 Å². The minimum absolute atomic E-state index is 0.408. The standard InChI is InChI=1S/C13H13N3O3/c1-8-2-3-9(16-13(17)18)6-11(8)19-10-4-5-12(14)15-7-10/h2-7,16H,1H3,(H2,14,15)(H,17,18). The highest BCUT2D eigenvalue weighted by atomic mass is 16.5. The molecule has 4 N–H and O–H groups in total. The average molecular weight is 259 g/mol. The van der Waals surface area contributed by atoms with E-state index in [0.29, 0.717) is 23.0 Å². The van der Waals surface area contributed by atoms with Crippen LogP contribution in [0.3, 0.4) is 0 Å². The first kappa shape index (κ1) is 12.7. The maximum Gasteiger partial charge on any atom is 0.409 e. The number of nitrogens with one attached hydrogen (secondary N) is 1. The van der Waals surface area contributed by atoms with Crippen LogP contribution in [0.15, 0.2) is 36.5 Å². The number of amides is 1. The molecule has 0 aliphatic rings. The summed E-state index contributed by atoms with van der Waals surface area (Å²) in [6.07, 6.45) is 0.385. The third-order valence-electron chi connectivity index (χ3n) is 2.43. The molecule has 0 atom stereocenters. The molecule has 6 heteroatoms. The molecule has 0 radical (unpaired) electrons. The van der Waals surface area contributed by atoms with Crippen molar-refractivity contribution < 1.29 is 14.6 Å². The summed E-state index contributed by atoms with van der Waals surface area (Å²) in [6, 6.07) is 8.37. The third-order valence-corrected chi connectivity index (χ3v) is 2.43. The summed E-state index contributed by atoms with van der Waals surface area (Å²) in [5.41, 5.74) is 6.81. The van der Waals surface area contributed by atoms with Gasteiger partial charge in [-0.05, 0) is 30.7 Å². The van der Waals surface area contributed by atoms with Gasteiger partial charge in [0.25, 0.3) is 0 Å². The molecular formula is C13H13N3O3. The predicted octanol–water partition coefficient (Wildman–Crippen LogP) is 2.85. The van der Waals surface area contributed by atoms with Crippen LogP contribution in [0.4, 0.5) is 16.3 Å². The highest BCUT2D eigenvalue weighted by molar-refractivity contribution is 5.83. The van der Waals surface area contributed by atoms with E-state index in [-0.39, 0.29) is 0 Å². The van der Waals surface area contributed by atoms with Crippen molar-refractivity contribution in [2.75, 3.05) is 11.1 Å². The number of hydrogen-bond acceptors (Lipinski definition) is 4. The van der Waals surface area contributed by atoms with Gasteiger partial charge in [-0.1, -0.05) is 6.07 Å². The van der Waals surface area contributed by atoms with Crippen LogP contribution in [-0.2, 0) is 0 Å². The van der Waals surface area contributed by atoms with Gasteiger partial charge in [-0.15, -0.1) is 0 Å². The van der Waals surface area contributed by atoms with Crippen LogP contribution in [-0.4, -0.2) is 16.2 Å². The van der Waals surface area contributed by atoms with Crippen molar-refractivity contribution in [3.05, 3.63) is 42.1 Å². The number of aromatic nitrogens is 1. The zero-order chi connectivity index (χ0) is 13.8. The number of aryl methyl sites for hydroxylation is 1. The Bertz CT molecular complexity index is 597. The maximum atomic E-state index is 10.6. The zero-order valence-electron chi connectivity index (χ0n) is 10.3. The predicted molar refractivity (Wildman–Crippen MR) is 71.5 cm³/mol. The average Bonchev–Trinajstić information content (AvgIpc) is 2.35. The summed E-state index contributed by atoms with van der Waals surface area (Å²) < 4.78 is 5.64. The van der Waals surface area contributed by atoms with Gasteiger partial charge in [0.1, 0.15) is 17.3 Å². The Labute approximate surface area is 109 Å². The van der Waals surface area contributed by atoms with E-state index in [1.807, 2.05) is 6.92 Å². The van der Waals surface area contributed by atoms with Crippen LogP contribution in [0.2, 0.25) is 0 Å². The highest BCUT2D eigenvalue weighted by Crippen LogP contribution is 2.27. The normalized spacial score (nSPS) is 9.95. The quantitative estimate of drug-likeness (QED) is 0.787. The molecule has 19 heavy (non-hydrogen) atoms. The summed E-state index contributed by atoms with van der Waals surface area (Å²) in [5, 5.41) is 10.9. The number of nitrogen functional groups attached to an aromatic ring is 1. The van der Waals surface area contributed by atoms with Crippen LogP contribution in [0.1, 0.15) is 5.56 Å². The van der Waals surface area contributed by atoms with E-state index in [4.69, 9.17) is 15.6 Å². The van der Waals surface area contributed by atoms with E-state index in [0.717, 1.165) is 5.56 Å². The number of ether oxygens (including phenoxy) is 1. The minimum Gasteiger partial charge on any atom is -0.465 e. The molecule has 0 bridgehead atoms. The van der Waals surface area contributed by atoms with Crippen molar-refractivity contribution in [2.45, 2.75) is 6.92 Å². The Kier molecular flexibility index (Phi) is 3.51. The monoisotopic (exact) mass is 259 g/mol. The van der Waals surface area contributed by atoms with Gasteiger partial charge >= 0.3 is 6.09 Å². The molecule has 1 aromatic carbocycles. The van der Waals surface area contributed by atoms with E-state index in [2.05, 4.69) is 10.3 Å². The van der Waals surface area contributed by atoms with Crippen molar-refractivity contribution >= 4 is 17.6 Å². The van der Waals surface area contributed by atoms with Gasteiger partial charge in [0.2, 0.25) is 0 Å². The first-order valence-corrected chi connectivity index (χ1v) is 5.54. The molecular weight excluding hydrogens is 246 g/mol. The SMILES string of the molecule is Cc1ccc(NC(=O)O)cc1Oc1ccc(N)nc1. The topological polar surface area (TPSA) is 97.5 Å². The fourth-order valence-electron chi connectivity index (χ4n) is 1.49. The van der Waals surface area contributed by atoms with E-state index in [1.165, 1.54) is 6.20 Å². The van der Waals surface area contributed by atoms with E-state index >= 15 is 0 Å². The highest BCUT2D eigenvalue weighted by Gasteiger charge is 2.05. The van der Waals surface area contributed by atoms with Gasteiger partial charge in [0.15, 0.2) is 0 Å². The smallest absolute Gasteiger partial charge is 0.409 e. The lowest BCUT2D eigenvalue weighted by Crippen LogP contribution is -2.07. The molecule has 1 aromatic heterocycles. The summed E-state index contributed by atoms with van der Waals surface area (Å²) in [4.78, 5) is 14.5. The Balaban J connectivity index is 2.23. The molecule has 0 saturated heterocycles. The van der Waals surface area contributed by atoms with E-state index in [1.54, 1.807) is 30.3 Å². The van der Waals surface area contributed by atoms with E-state index < -0.39 is 6.09 Å². The number of benzene rings is 1. The van der Waals surface area contributed by atoms with Crippen molar-refractivity contribution in [3.8, 4) is 11.5 Å². The number of carbonyl (C=O) groups is 1. The lowest BCUT2D eigenvalue weighted by atomic mass is 10.2. The number of anilines is 2. The Hall–Kier alpha value is -2.76. The van der Waals surface area contributed by atoms with Gasteiger partial charge in [0.05, 0.1) is 6.20 Å². The van der Waals surface area contributed by atoms with Gasteiger partial charge < -0.3 is 15.6 Å². The third kappa shape index (κ3) is 3.35. The number of nitrogens with zero attached hydrogens (tertiary/aromatic N) is 1. The van der Waals surface area contributed by atoms with Gasteiger partial charge in [-0.25, -0.2) is 9.78 Å². The van der Waals surface area contributed by atoms with Crippen molar-refractivity contribution in [1.82, 2.24) is 4.98 Å². The second-order valence-corrected chi connectivity index (χ2v) is 3.93. The number of nitrogens with two attached hydrogens (primary N) is 1. The molecule has 6 nitrogen and oxygen atoms in total. The largest absolute Gasteiger partial charge is 0.465 e. The molecule has 1 amide bonds. The fourth-order valence-corrected chi connectivity index (χ4v) is 1.49. The molecule has 1 heterocycles. The van der Waals surface area contributed by atoms with Crippen molar-refractivity contribution in [3.63, 3.8) is 0 Å². The Morgan fingerprint density at radius 3 is 2.79 bits per heavy atom. The first-order chi connectivity index (χ1) is 9.04. The fraction of sp³-hybridized carbons (Fsp3) is 0.0769. The zero-order valence-corrected chi connectivity index (χ0v) is 10.3. The number of carboxylic acid groups (broad SMARTS) is 1. The molecule has 0 spiro atoms. The molecule has 98 valence electrons. The second-order valence-electron chi connectivity index (χ2n) is 3.93. The summed E-state index contributed by atoms with van der Waals surface area (Å²) in [7, 11) is 0. The molecule has 0 unspecified atom stereocenters. The van der Waals surface area contributed by atoms with Crippen LogP contribution in [0.25, 0.3) is 0 Å². The van der Waals surface area contributed by atoms with Crippen LogP contribution in [0, 0.1) is 6.92 Å². The minimum atomic E-state index is -1.12. The lowest BCUT2D eigenvalue weighted by molar-refractivity contribution is 0.210. The van der Waals surface area contributed by atoms with Crippen LogP contribution >= 0.6 is 0 Å². The van der Waals surface area contributed by atoms with Gasteiger partial charge in [-0.2, -0.15) is 0 Å². The first-order valence-electron chi connectivity index (χ1n) is 5.54. The number of hydrogen-bond donors (Lipinski definition) is 3. The molecule has 0 aliphatic carbocycles. The molecule has 0 saturated carbocycles. The number of rotatable bonds is 3. The molecule has 2 rings (SSSR count). The Morgan fingerprint density at radius 1 is 1.37 bits per heavy atom. The van der Waals surface area contributed by atoms with Crippen LogP contribution < -0.4 is 15.8 Å². The Morgan fingerprint density at radius 2 is 2.16 bits per heavy atom. The number of pyridine rings is 1. The second kappa shape index (κ2) is 5.26.